The van der Waals surface area contributed by atoms with E-state index in [0.29, 0.717) is 12.4 Å². The van der Waals surface area contributed by atoms with E-state index < -0.39 is 0 Å². The highest BCUT2D eigenvalue weighted by molar-refractivity contribution is 5.86. The van der Waals surface area contributed by atoms with Crippen LogP contribution in [-0.2, 0) is 6.54 Å². The molecule has 1 atom stereocenters. The van der Waals surface area contributed by atoms with E-state index in [0.717, 1.165) is 22.7 Å². The summed E-state index contributed by atoms with van der Waals surface area (Å²) < 4.78 is 5.97. The monoisotopic (exact) mass is 358 g/mol. The zero-order valence-electron chi connectivity index (χ0n) is 15.8. The van der Waals surface area contributed by atoms with Crippen LogP contribution in [0.2, 0.25) is 0 Å². The Labute approximate surface area is 158 Å². The molecule has 2 aromatic carbocycles. The molecule has 0 radical (unpaired) electrons. The van der Waals surface area contributed by atoms with Gasteiger partial charge >= 0.3 is 0 Å². The van der Waals surface area contributed by atoms with Gasteiger partial charge in [-0.05, 0) is 49.9 Å². The van der Waals surface area contributed by atoms with Crippen LogP contribution in [0.3, 0.4) is 0 Å². The van der Waals surface area contributed by atoms with Crippen molar-refractivity contribution in [3.63, 3.8) is 0 Å². The van der Waals surface area contributed by atoms with Crippen LogP contribution in [0.25, 0.3) is 22.2 Å². The molecule has 0 saturated carbocycles. The van der Waals surface area contributed by atoms with Crippen molar-refractivity contribution in [3.05, 3.63) is 78.2 Å². The number of nitrogens with zero attached hydrogens (tertiary/aromatic N) is 4. The minimum absolute atomic E-state index is 0.160. The van der Waals surface area contributed by atoms with E-state index in [1.54, 1.807) is 12.5 Å². The second-order valence-corrected chi connectivity index (χ2v) is 6.81. The van der Waals surface area contributed by atoms with Gasteiger partial charge in [0.25, 0.3) is 0 Å². The summed E-state index contributed by atoms with van der Waals surface area (Å²) in [5.74, 6) is 1.51. The van der Waals surface area contributed by atoms with E-state index in [4.69, 9.17) is 9.40 Å². The molecule has 0 aliphatic rings. The van der Waals surface area contributed by atoms with Gasteiger partial charge in [0.05, 0.1) is 11.4 Å². The van der Waals surface area contributed by atoms with E-state index in [2.05, 4.69) is 59.2 Å². The number of aromatic nitrogens is 3. The van der Waals surface area contributed by atoms with Crippen LogP contribution >= 0.6 is 0 Å². The minimum atomic E-state index is 0.160. The molecule has 0 bridgehead atoms. The van der Waals surface area contributed by atoms with Crippen LogP contribution in [0.4, 0.5) is 0 Å². The second-order valence-electron chi connectivity index (χ2n) is 6.81. The van der Waals surface area contributed by atoms with Crippen LogP contribution in [0.5, 0.6) is 0 Å². The predicted molar refractivity (Wildman–Crippen MR) is 106 cm³/mol. The molecule has 0 aliphatic heterocycles. The topological polar surface area (TPSA) is 55.1 Å². The van der Waals surface area contributed by atoms with Gasteiger partial charge in [-0.3, -0.25) is 4.90 Å². The van der Waals surface area contributed by atoms with E-state index in [9.17, 15) is 0 Å². The van der Waals surface area contributed by atoms with Gasteiger partial charge in [0.2, 0.25) is 5.89 Å². The maximum absolute atomic E-state index is 5.97. The first-order chi connectivity index (χ1) is 13.1. The third-order valence-electron chi connectivity index (χ3n) is 4.98. The van der Waals surface area contributed by atoms with Crippen molar-refractivity contribution in [1.29, 1.82) is 0 Å². The van der Waals surface area contributed by atoms with Gasteiger partial charge < -0.3 is 4.42 Å². The molecular weight excluding hydrogens is 336 g/mol. The predicted octanol–water partition coefficient (Wildman–Crippen LogP) is 4.79. The van der Waals surface area contributed by atoms with Crippen molar-refractivity contribution in [2.24, 2.45) is 0 Å². The molecule has 0 fully saturated rings. The van der Waals surface area contributed by atoms with Crippen LogP contribution in [0.15, 0.2) is 65.5 Å². The van der Waals surface area contributed by atoms with Crippen molar-refractivity contribution in [1.82, 2.24) is 19.9 Å². The fraction of sp³-hybridized carbons (Fsp3) is 0.227. The first-order valence-electron chi connectivity index (χ1n) is 9.03. The van der Waals surface area contributed by atoms with Crippen LogP contribution in [0, 0.1) is 6.92 Å². The molecule has 4 aromatic rings. The molecule has 0 amide bonds. The number of fused-ring (bicyclic) bond motifs is 1. The summed E-state index contributed by atoms with van der Waals surface area (Å²) in [6.07, 6.45) is 3.35. The van der Waals surface area contributed by atoms with Crippen molar-refractivity contribution < 1.29 is 4.42 Å². The molecule has 2 heterocycles. The summed E-state index contributed by atoms with van der Waals surface area (Å²) in [5, 5.41) is 2.39. The first kappa shape index (κ1) is 17.4. The molecule has 27 heavy (non-hydrogen) atoms. The SMILES string of the molecule is Cc1oc(-c2ccc3ccccc3c2)nc1CN(C)C(C)c1ccncn1. The molecular formula is C22H22N4O. The summed E-state index contributed by atoms with van der Waals surface area (Å²) in [6.45, 7) is 4.78. The number of aryl methyl sites for hydroxylation is 1. The number of oxazole rings is 1. The van der Waals surface area contributed by atoms with Crippen LogP contribution in [0.1, 0.15) is 30.1 Å². The van der Waals surface area contributed by atoms with E-state index in [-0.39, 0.29) is 6.04 Å². The van der Waals surface area contributed by atoms with Gasteiger partial charge in [-0.1, -0.05) is 30.3 Å². The second kappa shape index (κ2) is 7.29. The quantitative estimate of drug-likeness (QED) is 0.513. The highest BCUT2D eigenvalue weighted by atomic mass is 16.4. The fourth-order valence-electron chi connectivity index (χ4n) is 3.17. The molecule has 0 aliphatic carbocycles. The Bertz CT molecular complexity index is 1060. The summed E-state index contributed by atoms with van der Waals surface area (Å²) in [7, 11) is 2.07. The minimum Gasteiger partial charge on any atom is -0.441 e. The molecule has 136 valence electrons. The molecule has 2 aromatic heterocycles. The van der Waals surface area contributed by atoms with Gasteiger partial charge in [0.1, 0.15) is 12.1 Å². The largest absolute Gasteiger partial charge is 0.441 e. The van der Waals surface area contributed by atoms with Crippen molar-refractivity contribution in [3.8, 4) is 11.5 Å². The number of rotatable bonds is 5. The number of hydrogen-bond acceptors (Lipinski definition) is 5. The molecule has 1 unspecified atom stereocenters. The Morgan fingerprint density at radius 2 is 1.89 bits per heavy atom. The summed E-state index contributed by atoms with van der Waals surface area (Å²) in [4.78, 5) is 15.3. The lowest BCUT2D eigenvalue weighted by molar-refractivity contribution is 0.244. The highest BCUT2D eigenvalue weighted by Crippen LogP contribution is 2.27. The first-order valence-corrected chi connectivity index (χ1v) is 9.03. The van der Waals surface area contributed by atoms with Crippen molar-refractivity contribution in [2.45, 2.75) is 26.4 Å². The summed E-state index contributed by atoms with van der Waals surface area (Å²) >= 11 is 0. The summed E-state index contributed by atoms with van der Waals surface area (Å²) in [5.41, 5.74) is 2.93. The maximum atomic E-state index is 5.97. The molecule has 0 N–H and O–H groups in total. The van der Waals surface area contributed by atoms with E-state index >= 15 is 0 Å². The third kappa shape index (κ3) is 3.59. The van der Waals surface area contributed by atoms with Gasteiger partial charge in [0.15, 0.2) is 0 Å². The third-order valence-corrected chi connectivity index (χ3v) is 4.98. The normalized spacial score (nSPS) is 12.6. The standard InChI is InChI=1S/C22H22N4O/c1-15(20-10-11-23-14-24-20)26(3)13-21-16(2)27-22(25-21)19-9-8-17-6-4-5-7-18(17)12-19/h4-12,14-15H,13H2,1-3H3. The van der Waals surface area contributed by atoms with Gasteiger partial charge in [0, 0.05) is 24.3 Å². The zero-order valence-corrected chi connectivity index (χ0v) is 15.8. The van der Waals surface area contributed by atoms with Gasteiger partial charge in [-0.15, -0.1) is 0 Å². The van der Waals surface area contributed by atoms with E-state index in [1.165, 1.54) is 10.8 Å². The molecule has 5 nitrogen and oxygen atoms in total. The van der Waals surface area contributed by atoms with Gasteiger partial charge in [-0.25, -0.2) is 15.0 Å². The van der Waals surface area contributed by atoms with Crippen molar-refractivity contribution in [2.75, 3.05) is 7.05 Å². The number of hydrogen-bond donors (Lipinski definition) is 0. The Kier molecular flexibility index (Phi) is 4.69. The van der Waals surface area contributed by atoms with Crippen LogP contribution in [-0.4, -0.2) is 26.9 Å². The Morgan fingerprint density at radius 3 is 2.67 bits per heavy atom. The lowest BCUT2D eigenvalue weighted by atomic mass is 10.1. The van der Waals surface area contributed by atoms with Crippen molar-refractivity contribution >= 4 is 10.8 Å². The highest BCUT2D eigenvalue weighted by Gasteiger charge is 2.18. The summed E-state index contributed by atoms with van der Waals surface area (Å²) in [6, 6.07) is 16.7. The Hall–Kier alpha value is -3.05. The molecule has 0 spiro atoms. The lowest BCUT2D eigenvalue weighted by Crippen LogP contribution is -2.23. The average molecular weight is 358 g/mol. The number of benzene rings is 2. The van der Waals surface area contributed by atoms with E-state index in [1.807, 2.05) is 25.1 Å². The molecule has 5 heteroatoms. The fourth-order valence-corrected chi connectivity index (χ4v) is 3.17. The van der Waals surface area contributed by atoms with Gasteiger partial charge in [-0.2, -0.15) is 0 Å². The smallest absolute Gasteiger partial charge is 0.226 e. The van der Waals surface area contributed by atoms with Crippen LogP contribution < -0.4 is 0 Å². The Balaban J connectivity index is 1.57. The maximum Gasteiger partial charge on any atom is 0.226 e. The molecule has 4 rings (SSSR count). The average Bonchev–Trinajstić information content (AvgIpc) is 3.08. The molecule has 0 saturated heterocycles. The lowest BCUT2D eigenvalue weighted by Gasteiger charge is -2.23. The Morgan fingerprint density at radius 1 is 1.07 bits per heavy atom. The zero-order chi connectivity index (χ0) is 18.8.